The molecule has 0 atom stereocenters. The molecule has 0 aromatic carbocycles. The first kappa shape index (κ1) is 23.4. The van der Waals surface area contributed by atoms with Crippen LogP contribution in [0, 0.1) is 11.8 Å². The van der Waals surface area contributed by atoms with E-state index in [1.165, 1.54) is 0 Å². The van der Waals surface area contributed by atoms with Crippen LogP contribution < -0.4 is 5.32 Å². The van der Waals surface area contributed by atoms with Crippen molar-refractivity contribution in [2.24, 2.45) is 11.8 Å². The van der Waals surface area contributed by atoms with E-state index in [4.69, 9.17) is 5.10 Å². The number of anilines is 1. The standard InChI is InChI=1S/C23H40N4O2/c1-16(2)14-26(21(29)17-11-9-10-12-17)15-20(28)24-19-13-18(22(3,4)5)25-27(19)23(6,7)8/h13,16-17H,9-12,14-15H2,1-8H3,(H,24,28). The van der Waals surface area contributed by atoms with Crippen LogP contribution in [0.1, 0.15) is 86.8 Å². The Hall–Kier alpha value is -1.85. The van der Waals surface area contributed by atoms with Crippen LogP contribution in [0.3, 0.4) is 0 Å². The monoisotopic (exact) mass is 404 g/mol. The first-order chi connectivity index (χ1) is 13.3. The normalized spacial score (nSPS) is 15.8. The average molecular weight is 405 g/mol. The minimum Gasteiger partial charge on any atom is -0.333 e. The molecule has 1 saturated carbocycles. The topological polar surface area (TPSA) is 67.2 Å². The summed E-state index contributed by atoms with van der Waals surface area (Å²) in [5.41, 5.74) is 0.561. The molecular weight excluding hydrogens is 364 g/mol. The van der Waals surface area contributed by atoms with Crippen LogP contribution in [-0.2, 0) is 20.5 Å². The molecule has 0 spiro atoms. The van der Waals surface area contributed by atoms with E-state index >= 15 is 0 Å². The zero-order valence-corrected chi connectivity index (χ0v) is 19.6. The van der Waals surface area contributed by atoms with Crippen molar-refractivity contribution in [2.45, 2.75) is 92.0 Å². The molecule has 1 heterocycles. The molecule has 2 amide bonds. The maximum Gasteiger partial charge on any atom is 0.245 e. The number of amides is 2. The lowest BCUT2D eigenvalue weighted by Gasteiger charge is -2.27. The minimum absolute atomic E-state index is 0.0779. The number of rotatable bonds is 6. The lowest BCUT2D eigenvalue weighted by Crippen LogP contribution is -2.43. The molecule has 0 bridgehead atoms. The summed E-state index contributed by atoms with van der Waals surface area (Å²) < 4.78 is 1.87. The van der Waals surface area contributed by atoms with Crippen molar-refractivity contribution < 1.29 is 9.59 Å². The second kappa shape index (κ2) is 8.88. The summed E-state index contributed by atoms with van der Waals surface area (Å²) in [4.78, 5) is 27.6. The first-order valence-corrected chi connectivity index (χ1v) is 11.0. The molecule has 0 unspecified atom stereocenters. The molecule has 2 rings (SSSR count). The van der Waals surface area contributed by atoms with Crippen molar-refractivity contribution in [1.82, 2.24) is 14.7 Å². The van der Waals surface area contributed by atoms with E-state index in [2.05, 4.69) is 60.7 Å². The number of hydrogen-bond acceptors (Lipinski definition) is 3. The highest BCUT2D eigenvalue weighted by atomic mass is 16.2. The van der Waals surface area contributed by atoms with E-state index in [0.29, 0.717) is 18.3 Å². The van der Waals surface area contributed by atoms with Crippen LogP contribution in [0.15, 0.2) is 6.07 Å². The zero-order chi connectivity index (χ0) is 22.0. The number of carbonyl (C=O) groups excluding carboxylic acids is 2. The molecule has 29 heavy (non-hydrogen) atoms. The van der Waals surface area contributed by atoms with Gasteiger partial charge in [0.25, 0.3) is 0 Å². The molecular formula is C23H40N4O2. The first-order valence-electron chi connectivity index (χ1n) is 11.0. The van der Waals surface area contributed by atoms with Gasteiger partial charge in [0, 0.05) is 23.9 Å². The van der Waals surface area contributed by atoms with Crippen molar-refractivity contribution in [3.8, 4) is 0 Å². The minimum atomic E-state index is -0.261. The van der Waals surface area contributed by atoms with Gasteiger partial charge in [-0.1, -0.05) is 47.5 Å². The fourth-order valence-electron chi connectivity index (χ4n) is 3.81. The highest BCUT2D eigenvalue weighted by molar-refractivity contribution is 5.94. The van der Waals surface area contributed by atoms with Gasteiger partial charge in [-0.05, 0) is 39.5 Å². The molecule has 1 aromatic rings. The molecule has 164 valence electrons. The van der Waals surface area contributed by atoms with Gasteiger partial charge in [-0.3, -0.25) is 9.59 Å². The molecule has 1 fully saturated rings. The summed E-state index contributed by atoms with van der Waals surface area (Å²) in [6.45, 7) is 17.4. The van der Waals surface area contributed by atoms with Gasteiger partial charge in [-0.25, -0.2) is 4.68 Å². The Morgan fingerprint density at radius 3 is 2.24 bits per heavy atom. The van der Waals surface area contributed by atoms with E-state index in [1.54, 1.807) is 4.90 Å². The molecule has 0 aliphatic heterocycles. The van der Waals surface area contributed by atoms with Gasteiger partial charge in [0.1, 0.15) is 5.82 Å². The van der Waals surface area contributed by atoms with Gasteiger partial charge in [0.05, 0.1) is 17.8 Å². The van der Waals surface area contributed by atoms with Gasteiger partial charge in [-0.15, -0.1) is 0 Å². The number of nitrogens with one attached hydrogen (secondary N) is 1. The summed E-state index contributed by atoms with van der Waals surface area (Å²) in [6, 6.07) is 1.95. The second-order valence-corrected chi connectivity index (χ2v) is 10.9. The molecule has 0 saturated heterocycles. The van der Waals surface area contributed by atoms with Gasteiger partial charge in [0.15, 0.2) is 0 Å². The Morgan fingerprint density at radius 2 is 1.76 bits per heavy atom. The number of carbonyl (C=O) groups is 2. The van der Waals surface area contributed by atoms with Gasteiger partial charge in [-0.2, -0.15) is 5.10 Å². The highest BCUT2D eigenvalue weighted by Crippen LogP contribution is 2.29. The summed E-state index contributed by atoms with van der Waals surface area (Å²) in [6.07, 6.45) is 4.11. The summed E-state index contributed by atoms with van der Waals surface area (Å²) in [5, 5.41) is 7.78. The Labute approximate surface area is 176 Å². The van der Waals surface area contributed by atoms with Crippen molar-refractivity contribution in [3.05, 3.63) is 11.8 Å². The average Bonchev–Trinajstić information content (AvgIpc) is 3.21. The maximum absolute atomic E-state index is 13.0. The zero-order valence-electron chi connectivity index (χ0n) is 19.6. The van der Waals surface area contributed by atoms with E-state index in [1.807, 2.05) is 10.7 Å². The Bertz CT molecular complexity index is 716. The molecule has 1 aromatic heterocycles. The fourth-order valence-corrected chi connectivity index (χ4v) is 3.81. The quantitative estimate of drug-likeness (QED) is 0.756. The van der Waals surface area contributed by atoms with Crippen LogP contribution in [0.2, 0.25) is 0 Å². The predicted octanol–water partition coefficient (Wildman–Crippen LogP) is 4.55. The Kier molecular flexibility index (Phi) is 7.18. The summed E-state index contributed by atoms with van der Waals surface area (Å²) in [5.74, 6) is 1.05. The molecule has 6 nitrogen and oxygen atoms in total. The van der Waals surface area contributed by atoms with Crippen molar-refractivity contribution in [1.29, 1.82) is 0 Å². The van der Waals surface area contributed by atoms with Crippen molar-refractivity contribution >= 4 is 17.6 Å². The smallest absolute Gasteiger partial charge is 0.245 e. The van der Waals surface area contributed by atoms with Gasteiger partial charge >= 0.3 is 0 Å². The molecule has 1 aliphatic rings. The van der Waals surface area contributed by atoms with E-state index in [9.17, 15) is 9.59 Å². The third-order valence-electron chi connectivity index (χ3n) is 5.32. The van der Waals surface area contributed by atoms with Crippen LogP contribution in [0.4, 0.5) is 5.82 Å². The summed E-state index contributed by atoms with van der Waals surface area (Å²) >= 11 is 0. The molecule has 1 N–H and O–H groups in total. The molecule has 6 heteroatoms. The maximum atomic E-state index is 13.0. The molecule has 0 radical (unpaired) electrons. The Balaban J connectivity index is 2.18. The third kappa shape index (κ3) is 6.31. The van der Waals surface area contributed by atoms with Crippen molar-refractivity contribution in [2.75, 3.05) is 18.4 Å². The van der Waals surface area contributed by atoms with Gasteiger partial charge < -0.3 is 10.2 Å². The number of hydrogen-bond donors (Lipinski definition) is 1. The van der Waals surface area contributed by atoms with Gasteiger partial charge in [0.2, 0.25) is 11.8 Å². The lowest BCUT2D eigenvalue weighted by atomic mass is 9.92. The third-order valence-corrected chi connectivity index (χ3v) is 5.32. The fraction of sp³-hybridized carbons (Fsp3) is 0.783. The highest BCUT2D eigenvalue weighted by Gasteiger charge is 2.30. The summed E-state index contributed by atoms with van der Waals surface area (Å²) in [7, 11) is 0. The van der Waals surface area contributed by atoms with Crippen molar-refractivity contribution in [3.63, 3.8) is 0 Å². The second-order valence-electron chi connectivity index (χ2n) is 10.9. The van der Waals surface area contributed by atoms with Crippen LogP contribution in [0.5, 0.6) is 0 Å². The Morgan fingerprint density at radius 1 is 1.17 bits per heavy atom. The van der Waals surface area contributed by atoms with Crippen LogP contribution in [-0.4, -0.2) is 39.6 Å². The SMILES string of the molecule is CC(C)CN(CC(=O)Nc1cc(C(C)(C)C)nn1C(C)(C)C)C(=O)C1CCCC1. The van der Waals surface area contributed by atoms with E-state index < -0.39 is 0 Å². The van der Waals surface area contributed by atoms with E-state index in [0.717, 1.165) is 31.4 Å². The van der Waals surface area contributed by atoms with E-state index in [-0.39, 0.29) is 35.2 Å². The number of nitrogens with zero attached hydrogens (tertiary/aromatic N) is 3. The molecule has 1 aliphatic carbocycles. The largest absolute Gasteiger partial charge is 0.333 e. The lowest BCUT2D eigenvalue weighted by molar-refractivity contribution is -0.138. The number of aromatic nitrogens is 2. The predicted molar refractivity (Wildman–Crippen MR) is 118 cm³/mol. The van der Waals surface area contributed by atoms with Crippen LogP contribution >= 0.6 is 0 Å². The van der Waals surface area contributed by atoms with Crippen LogP contribution in [0.25, 0.3) is 0 Å².